The van der Waals surface area contributed by atoms with Crippen molar-refractivity contribution in [1.82, 2.24) is 10.2 Å². The van der Waals surface area contributed by atoms with E-state index >= 15 is 0 Å². The lowest BCUT2D eigenvalue weighted by atomic mass is 9.90. The average molecular weight is 226 g/mol. The minimum atomic E-state index is 0.467. The van der Waals surface area contributed by atoms with Crippen molar-refractivity contribution in [3.8, 4) is 0 Å². The van der Waals surface area contributed by atoms with Crippen molar-refractivity contribution in [2.75, 3.05) is 26.7 Å². The number of nitrogens with one attached hydrogen (secondary N) is 1. The molecular formula is C13H26N2O. The van der Waals surface area contributed by atoms with Crippen molar-refractivity contribution in [2.24, 2.45) is 0 Å². The molecule has 0 aromatic rings. The molecule has 1 N–H and O–H groups in total. The van der Waals surface area contributed by atoms with Crippen LogP contribution in [0.15, 0.2) is 0 Å². The van der Waals surface area contributed by atoms with Crippen LogP contribution < -0.4 is 5.32 Å². The Bertz CT molecular complexity index is 202. The van der Waals surface area contributed by atoms with Crippen LogP contribution in [-0.4, -0.2) is 49.8 Å². The maximum Gasteiger partial charge on any atom is 0.0726 e. The van der Waals surface area contributed by atoms with Gasteiger partial charge < -0.3 is 10.1 Å². The minimum Gasteiger partial charge on any atom is -0.380 e. The fourth-order valence-electron chi connectivity index (χ4n) is 3.42. The summed E-state index contributed by atoms with van der Waals surface area (Å²) in [7, 11) is 1.88. The second kappa shape index (κ2) is 5.99. The van der Waals surface area contributed by atoms with E-state index in [2.05, 4.69) is 17.1 Å². The summed E-state index contributed by atoms with van der Waals surface area (Å²) in [6, 6.07) is 1.40. The third-order valence-electron chi connectivity index (χ3n) is 4.26. The van der Waals surface area contributed by atoms with E-state index in [1.807, 2.05) is 7.11 Å². The predicted octanol–water partition coefficient (Wildman–Crippen LogP) is 1.63. The standard InChI is InChI=1S/C13H26N2O/c1-3-15(11-8-9-14-10-11)12-6-4-5-7-13(12)16-2/h11-14H,3-10H2,1-2H3. The van der Waals surface area contributed by atoms with Gasteiger partial charge in [-0.05, 0) is 32.4 Å². The fraction of sp³-hybridized carbons (Fsp3) is 1.00. The van der Waals surface area contributed by atoms with Gasteiger partial charge in [0.25, 0.3) is 0 Å². The van der Waals surface area contributed by atoms with E-state index in [4.69, 9.17) is 4.74 Å². The monoisotopic (exact) mass is 226 g/mol. The third kappa shape index (κ3) is 2.58. The number of methoxy groups -OCH3 is 1. The Morgan fingerprint density at radius 1 is 1.25 bits per heavy atom. The second-order valence-corrected chi connectivity index (χ2v) is 5.10. The number of hydrogen-bond donors (Lipinski definition) is 1. The summed E-state index contributed by atoms with van der Waals surface area (Å²) in [5.41, 5.74) is 0. The van der Waals surface area contributed by atoms with Gasteiger partial charge in [0, 0.05) is 25.7 Å². The lowest BCUT2D eigenvalue weighted by Crippen LogP contribution is -2.51. The molecule has 2 fully saturated rings. The number of rotatable bonds is 4. The first-order valence-electron chi connectivity index (χ1n) is 6.86. The van der Waals surface area contributed by atoms with Gasteiger partial charge in [0.2, 0.25) is 0 Å². The molecule has 0 aromatic heterocycles. The molecule has 1 saturated carbocycles. The molecule has 0 aromatic carbocycles. The predicted molar refractivity (Wildman–Crippen MR) is 66.7 cm³/mol. The van der Waals surface area contributed by atoms with Crippen molar-refractivity contribution >= 4 is 0 Å². The Morgan fingerprint density at radius 3 is 2.69 bits per heavy atom. The van der Waals surface area contributed by atoms with Gasteiger partial charge in [-0.25, -0.2) is 0 Å². The number of hydrogen-bond acceptors (Lipinski definition) is 3. The Balaban J connectivity index is 1.99. The zero-order valence-corrected chi connectivity index (χ0v) is 10.7. The van der Waals surface area contributed by atoms with Gasteiger partial charge in [0.1, 0.15) is 0 Å². The number of ether oxygens (including phenoxy) is 1. The van der Waals surface area contributed by atoms with Crippen LogP contribution >= 0.6 is 0 Å². The Labute approximate surface area is 99.5 Å². The molecule has 3 nitrogen and oxygen atoms in total. The van der Waals surface area contributed by atoms with E-state index in [0.717, 1.165) is 12.6 Å². The molecule has 0 spiro atoms. The SMILES string of the molecule is CCN(C1CCNC1)C1CCCCC1OC. The first-order valence-corrected chi connectivity index (χ1v) is 6.86. The van der Waals surface area contributed by atoms with Crippen LogP contribution in [0.3, 0.4) is 0 Å². The number of nitrogens with zero attached hydrogens (tertiary/aromatic N) is 1. The zero-order chi connectivity index (χ0) is 11.4. The van der Waals surface area contributed by atoms with E-state index in [1.165, 1.54) is 45.2 Å². The molecule has 3 atom stereocenters. The smallest absolute Gasteiger partial charge is 0.0726 e. The molecule has 2 aliphatic rings. The Hall–Kier alpha value is -0.120. The first-order chi connectivity index (χ1) is 7.86. The van der Waals surface area contributed by atoms with Crippen LogP contribution in [0.1, 0.15) is 39.0 Å². The van der Waals surface area contributed by atoms with Crippen molar-refractivity contribution in [3.05, 3.63) is 0 Å². The molecule has 3 heteroatoms. The van der Waals surface area contributed by atoms with Crippen LogP contribution in [0.5, 0.6) is 0 Å². The second-order valence-electron chi connectivity index (χ2n) is 5.10. The topological polar surface area (TPSA) is 24.5 Å². The molecule has 0 radical (unpaired) electrons. The van der Waals surface area contributed by atoms with Crippen LogP contribution in [0.2, 0.25) is 0 Å². The highest BCUT2D eigenvalue weighted by Gasteiger charge is 2.34. The molecule has 1 aliphatic carbocycles. The highest BCUT2D eigenvalue weighted by molar-refractivity contribution is 4.90. The maximum atomic E-state index is 5.68. The zero-order valence-electron chi connectivity index (χ0n) is 10.7. The molecule has 1 saturated heterocycles. The highest BCUT2D eigenvalue weighted by Crippen LogP contribution is 2.27. The summed E-state index contributed by atoms with van der Waals surface area (Å²) in [5.74, 6) is 0. The van der Waals surface area contributed by atoms with Crippen LogP contribution in [-0.2, 0) is 4.74 Å². The van der Waals surface area contributed by atoms with Gasteiger partial charge in [-0.1, -0.05) is 19.8 Å². The van der Waals surface area contributed by atoms with E-state index in [9.17, 15) is 0 Å². The molecule has 0 bridgehead atoms. The molecule has 16 heavy (non-hydrogen) atoms. The van der Waals surface area contributed by atoms with Crippen molar-refractivity contribution in [2.45, 2.75) is 57.2 Å². The van der Waals surface area contributed by atoms with Crippen LogP contribution in [0.4, 0.5) is 0 Å². The van der Waals surface area contributed by atoms with E-state index in [-0.39, 0.29) is 0 Å². The number of likely N-dealkylation sites (N-methyl/N-ethyl adjacent to an activating group) is 1. The minimum absolute atomic E-state index is 0.467. The quantitative estimate of drug-likeness (QED) is 0.788. The molecule has 94 valence electrons. The lowest BCUT2D eigenvalue weighted by Gasteiger charge is -2.41. The largest absolute Gasteiger partial charge is 0.380 e. The van der Waals surface area contributed by atoms with Crippen LogP contribution in [0.25, 0.3) is 0 Å². The highest BCUT2D eigenvalue weighted by atomic mass is 16.5. The summed E-state index contributed by atoms with van der Waals surface area (Å²) in [6.45, 7) is 5.81. The van der Waals surface area contributed by atoms with E-state index in [0.29, 0.717) is 12.1 Å². The molecular weight excluding hydrogens is 200 g/mol. The van der Waals surface area contributed by atoms with Crippen molar-refractivity contribution < 1.29 is 4.74 Å². The van der Waals surface area contributed by atoms with Gasteiger partial charge >= 0.3 is 0 Å². The summed E-state index contributed by atoms with van der Waals surface area (Å²) in [5, 5.41) is 3.48. The summed E-state index contributed by atoms with van der Waals surface area (Å²) < 4.78 is 5.68. The molecule has 3 unspecified atom stereocenters. The fourth-order valence-corrected chi connectivity index (χ4v) is 3.42. The van der Waals surface area contributed by atoms with Gasteiger partial charge in [-0.3, -0.25) is 4.90 Å². The summed E-state index contributed by atoms with van der Waals surface area (Å²) in [4.78, 5) is 2.69. The lowest BCUT2D eigenvalue weighted by molar-refractivity contribution is -0.0224. The van der Waals surface area contributed by atoms with Gasteiger partial charge in [-0.15, -0.1) is 0 Å². The summed E-state index contributed by atoms with van der Waals surface area (Å²) >= 11 is 0. The van der Waals surface area contributed by atoms with Gasteiger partial charge in [-0.2, -0.15) is 0 Å². The first kappa shape index (κ1) is 12.3. The Kier molecular flexibility index (Phi) is 4.62. The van der Waals surface area contributed by atoms with Crippen molar-refractivity contribution in [1.29, 1.82) is 0 Å². The third-order valence-corrected chi connectivity index (χ3v) is 4.26. The normalized spacial score (nSPS) is 35.8. The van der Waals surface area contributed by atoms with Crippen molar-refractivity contribution in [3.63, 3.8) is 0 Å². The molecule has 1 aliphatic heterocycles. The summed E-state index contributed by atoms with van der Waals surface area (Å²) in [6.07, 6.45) is 7.06. The average Bonchev–Trinajstić information content (AvgIpc) is 2.84. The van der Waals surface area contributed by atoms with Gasteiger partial charge in [0.05, 0.1) is 6.10 Å². The van der Waals surface area contributed by atoms with Crippen LogP contribution in [0, 0.1) is 0 Å². The molecule has 2 rings (SSSR count). The molecule has 0 amide bonds. The van der Waals surface area contributed by atoms with E-state index in [1.54, 1.807) is 0 Å². The Morgan fingerprint density at radius 2 is 2.06 bits per heavy atom. The van der Waals surface area contributed by atoms with Gasteiger partial charge in [0.15, 0.2) is 0 Å². The maximum absolute atomic E-state index is 5.68. The molecule has 1 heterocycles. The van der Waals surface area contributed by atoms with E-state index < -0.39 is 0 Å².